The van der Waals surface area contributed by atoms with Gasteiger partial charge in [-0.1, -0.05) is 90.4 Å². The van der Waals surface area contributed by atoms with E-state index in [1.807, 2.05) is 0 Å². The molecule has 32 heavy (non-hydrogen) atoms. The number of carboxylic acid groups (broad SMARTS) is 1. The molecule has 1 aliphatic heterocycles. The van der Waals surface area contributed by atoms with Gasteiger partial charge in [0.2, 0.25) is 0 Å². The zero-order valence-corrected chi connectivity index (χ0v) is 20.6. The second kappa shape index (κ2) is 23.7. The van der Waals surface area contributed by atoms with Gasteiger partial charge in [-0.25, -0.2) is 0 Å². The minimum atomic E-state index is -0.250. The Hall–Kier alpha value is -1.95. The van der Waals surface area contributed by atoms with Crippen LogP contribution in [0.2, 0.25) is 0 Å². The lowest BCUT2D eigenvalue weighted by Crippen LogP contribution is -2.23. The molecule has 0 bridgehead atoms. The quantitative estimate of drug-likeness (QED) is 0.217. The zero-order chi connectivity index (χ0) is 23.7. The number of furan rings is 1. The fourth-order valence-corrected chi connectivity index (χ4v) is 3.65. The van der Waals surface area contributed by atoms with E-state index in [1.165, 1.54) is 103 Å². The molecule has 1 aliphatic rings. The van der Waals surface area contributed by atoms with Crippen LogP contribution < -0.4 is 0 Å². The van der Waals surface area contributed by atoms with Crippen LogP contribution in [0.25, 0.3) is 0 Å². The van der Waals surface area contributed by atoms with Crippen LogP contribution >= 0.6 is 0 Å². The lowest BCUT2D eigenvalue weighted by atomic mass is 10.0. The third kappa shape index (κ3) is 20.0. The summed E-state index contributed by atoms with van der Waals surface area (Å²) in [6.45, 7) is 4.35. The average molecular weight is 453 g/mol. The van der Waals surface area contributed by atoms with E-state index < -0.39 is 0 Å². The maximum atomic E-state index is 8.36. The second-order valence-electron chi connectivity index (χ2n) is 8.45. The average Bonchev–Trinajstić information content (AvgIpc) is 3.47. The first-order chi connectivity index (χ1) is 15.7. The van der Waals surface area contributed by atoms with E-state index in [2.05, 4.69) is 36.2 Å². The molecule has 2 rings (SSSR count). The number of carbonyl (C=O) groups is 1. The molecule has 2 heterocycles. The van der Waals surface area contributed by atoms with Gasteiger partial charge >= 0.3 is 0 Å². The molecule has 1 aromatic heterocycles. The fraction of sp³-hybridized carbons (Fsp3) is 0.731. The summed E-state index contributed by atoms with van der Waals surface area (Å²) in [4.78, 5) is 13.0. The van der Waals surface area contributed by atoms with Gasteiger partial charge in [0.15, 0.2) is 0 Å². The Kier molecular flexibility index (Phi) is 22.3. The normalized spacial score (nSPS) is 12.2. The Morgan fingerprint density at radius 1 is 0.906 bits per heavy atom. The van der Waals surface area contributed by atoms with Gasteiger partial charge in [0.05, 0.1) is 12.9 Å². The number of hydrogen-bond acceptors (Lipinski definition) is 5. The van der Waals surface area contributed by atoms with Crippen LogP contribution in [0.1, 0.15) is 103 Å². The molecule has 0 spiro atoms. The van der Waals surface area contributed by atoms with Crippen molar-refractivity contribution in [2.75, 3.05) is 20.3 Å². The lowest BCUT2D eigenvalue weighted by molar-refractivity contribution is -0.122. The standard InChI is InChI=1S/C20H40N2.C5H6O2.CH2O2/c1-3-4-5-6-7-8-9-10-11-12-13-14-15-16-17-22-19-18-21(2)20-22;6-4-5-2-1-3-7-5;2-1-3/h18-19H,3-17,20H2,1-2H3;1-3,6H,4H2;1H,(H,2,3). The third-order valence-electron chi connectivity index (χ3n) is 5.47. The van der Waals surface area contributed by atoms with Crippen LogP contribution in [0, 0.1) is 0 Å². The summed E-state index contributed by atoms with van der Waals surface area (Å²) < 4.78 is 4.73. The van der Waals surface area contributed by atoms with Crippen LogP contribution in [0.15, 0.2) is 35.2 Å². The van der Waals surface area contributed by atoms with Gasteiger partial charge < -0.3 is 24.4 Å². The minimum absolute atomic E-state index is 0.00694. The number of hydrogen-bond donors (Lipinski definition) is 2. The van der Waals surface area contributed by atoms with E-state index in [-0.39, 0.29) is 13.1 Å². The number of aliphatic hydroxyl groups excluding tert-OH is 1. The molecule has 0 unspecified atom stereocenters. The molecule has 0 saturated heterocycles. The van der Waals surface area contributed by atoms with Crippen molar-refractivity contribution in [3.8, 4) is 0 Å². The Morgan fingerprint density at radius 2 is 1.41 bits per heavy atom. The molecular formula is C26H48N2O4. The Balaban J connectivity index is 0.000000790. The van der Waals surface area contributed by atoms with E-state index in [0.717, 1.165) is 6.67 Å². The predicted octanol–water partition coefficient (Wildman–Crippen LogP) is 6.62. The first-order valence-electron chi connectivity index (χ1n) is 12.5. The maximum Gasteiger partial charge on any atom is 0.290 e. The van der Waals surface area contributed by atoms with E-state index in [9.17, 15) is 0 Å². The largest absolute Gasteiger partial charge is 0.483 e. The van der Waals surface area contributed by atoms with Crippen molar-refractivity contribution in [1.29, 1.82) is 0 Å². The molecule has 0 amide bonds. The molecular weight excluding hydrogens is 404 g/mol. The summed E-state index contributed by atoms with van der Waals surface area (Å²) in [5.74, 6) is 0.611. The molecule has 2 N–H and O–H groups in total. The monoisotopic (exact) mass is 452 g/mol. The van der Waals surface area contributed by atoms with Gasteiger partial charge in [-0.3, -0.25) is 4.79 Å². The molecule has 0 saturated carbocycles. The van der Waals surface area contributed by atoms with Gasteiger partial charge in [0, 0.05) is 26.0 Å². The van der Waals surface area contributed by atoms with Gasteiger partial charge in [-0.2, -0.15) is 0 Å². The molecule has 0 fully saturated rings. The van der Waals surface area contributed by atoms with Crippen molar-refractivity contribution in [3.05, 3.63) is 36.6 Å². The number of rotatable bonds is 16. The van der Waals surface area contributed by atoms with Gasteiger partial charge in [0.25, 0.3) is 6.47 Å². The molecule has 0 radical (unpaired) electrons. The molecule has 1 aromatic rings. The lowest BCUT2D eigenvalue weighted by Gasteiger charge is -2.17. The highest BCUT2D eigenvalue weighted by atomic mass is 16.4. The van der Waals surface area contributed by atoms with Crippen molar-refractivity contribution in [3.63, 3.8) is 0 Å². The Morgan fingerprint density at radius 3 is 1.75 bits per heavy atom. The van der Waals surface area contributed by atoms with Crippen molar-refractivity contribution < 1.29 is 19.4 Å². The summed E-state index contributed by atoms with van der Waals surface area (Å²) in [5, 5.41) is 15.2. The minimum Gasteiger partial charge on any atom is -0.483 e. The Bertz CT molecular complexity index is 520. The summed E-state index contributed by atoms with van der Waals surface area (Å²) in [7, 11) is 2.14. The van der Waals surface area contributed by atoms with E-state index >= 15 is 0 Å². The smallest absolute Gasteiger partial charge is 0.290 e. The van der Waals surface area contributed by atoms with Crippen molar-refractivity contribution in [2.45, 2.75) is 103 Å². The van der Waals surface area contributed by atoms with Gasteiger partial charge in [0.1, 0.15) is 12.4 Å². The first kappa shape index (κ1) is 30.0. The zero-order valence-electron chi connectivity index (χ0n) is 20.6. The van der Waals surface area contributed by atoms with Crippen LogP contribution in [-0.2, 0) is 11.4 Å². The second-order valence-corrected chi connectivity index (χ2v) is 8.45. The highest BCUT2D eigenvalue weighted by molar-refractivity contribution is 5.32. The predicted molar refractivity (Wildman–Crippen MR) is 132 cm³/mol. The summed E-state index contributed by atoms with van der Waals surface area (Å²) in [6.07, 6.45) is 26.1. The molecule has 0 aliphatic carbocycles. The topological polar surface area (TPSA) is 77.2 Å². The van der Waals surface area contributed by atoms with Crippen LogP contribution in [0.4, 0.5) is 0 Å². The maximum absolute atomic E-state index is 8.36. The van der Waals surface area contributed by atoms with Crippen LogP contribution in [0.5, 0.6) is 0 Å². The SMILES string of the molecule is CCCCCCCCCCCCCCCCN1C=CN(C)C1.O=CO.OCc1ccco1. The summed E-state index contributed by atoms with van der Waals surface area (Å²) in [5.41, 5.74) is 0. The van der Waals surface area contributed by atoms with Crippen molar-refractivity contribution in [1.82, 2.24) is 9.80 Å². The molecule has 0 atom stereocenters. The molecule has 6 heteroatoms. The highest BCUT2D eigenvalue weighted by Crippen LogP contribution is 2.13. The molecule has 0 aromatic carbocycles. The summed E-state index contributed by atoms with van der Waals surface area (Å²) in [6, 6.07) is 3.46. The van der Waals surface area contributed by atoms with E-state index in [4.69, 9.17) is 19.4 Å². The van der Waals surface area contributed by atoms with Crippen LogP contribution in [0.3, 0.4) is 0 Å². The summed E-state index contributed by atoms with van der Waals surface area (Å²) >= 11 is 0. The van der Waals surface area contributed by atoms with E-state index in [0.29, 0.717) is 5.76 Å². The van der Waals surface area contributed by atoms with Crippen molar-refractivity contribution in [2.24, 2.45) is 0 Å². The number of nitrogens with zero attached hydrogens (tertiary/aromatic N) is 2. The molecule has 186 valence electrons. The van der Waals surface area contributed by atoms with Gasteiger partial charge in [-0.15, -0.1) is 0 Å². The fourth-order valence-electron chi connectivity index (χ4n) is 3.65. The molecule has 6 nitrogen and oxygen atoms in total. The Labute approximate surface area is 196 Å². The van der Waals surface area contributed by atoms with Crippen LogP contribution in [-0.4, -0.2) is 46.7 Å². The highest BCUT2D eigenvalue weighted by Gasteiger charge is 2.06. The third-order valence-corrected chi connectivity index (χ3v) is 5.47. The number of aliphatic hydroxyl groups is 1. The van der Waals surface area contributed by atoms with E-state index in [1.54, 1.807) is 12.1 Å². The number of unbranched alkanes of at least 4 members (excludes halogenated alkanes) is 13. The van der Waals surface area contributed by atoms with Gasteiger partial charge in [-0.05, 0) is 18.6 Å². The van der Waals surface area contributed by atoms with Crippen molar-refractivity contribution >= 4 is 6.47 Å². The first-order valence-corrected chi connectivity index (χ1v) is 12.5.